The summed E-state index contributed by atoms with van der Waals surface area (Å²) in [6.07, 6.45) is 3.93. The van der Waals surface area contributed by atoms with E-state index < -0.39 is 11.9 Å². The van der Waals surface area contributed by atoms with E-state index in [1.807, 2.05) is 31.2 Å². The Balaban J connectivity index is 1.59. The van der Waals surface area contributed by atoms with Crippen LogP contribution in [0, 0.1) is 12.7 Å². The normalized spacial score (nSPS) is 15.8. The second-order valence-corrected chi connectivity index (χ2v) is 9.31. The molecule has 36 heavy (non-hydrogen) atoms. The van der Waals surface area contributed by atoms with Gasteiger partial charge >= 0.3 is 0 Å². The number of hydrogen-bond acceptors (Lipinski definition) is 4. The number of hydrogen-bond donors (Lipinski definition) is 1. The first kappa shape index (κ1) is 23.9. The molecule has 3 aromatic carbocycles. The van der Waals surface area contributed by atoms with E-state index >= 15 is 0 Å². The second-order valence-electron chi connectivity index (χ2n) is 9.31. The zero-order chi connectivity index (χ0) is 25.1. The first-order valence-electron chi connectivity index (χ1n) is 12.4. The SMILES string of the molecule is Cc1ccc(N(C(=O)c2ccc3c(c2)OCCO3)[C@H](C(=O)NC2CCCC2)c2ccc(F)cc2)cc1. The monoisotopic (exact) mass is 488 g/mol. The van der Waals surface area contributed by atoms with E-state index in [4.69, 9.17) is 9.47 Å². The lowest BCUT2D eigenvalue weighted by Crippen LogP contribution is -2.46. The Hall–Kier alpha value is -3.87. The number of fused-ring (bicyclic) bond motifs is 1. The molecule has 5 rings (SSSR count). The van der Waals surface area contributed by atoms with Gasteiger partial charge in [0.1, 0.15) is 25.1 Å². The van der Waals surface area contributed by atoms with Crippen molar-refractivity contribution in [1.29, 1.82) is 0 Å². The van der Waals surface area contributed by atoms with E-state index in [1.165, 1.54) is 17.0 Å². The summed E-state index contributed by atoms with van der Waals surface area (Å²) in [7, 11) is 0. The zero-order valence-electron chi connectivity index (χ0n) is 20.2. The van der Waals surface area contributed by atoms with Crippen LogP contribution in [0.5, 0.6) is 11.5 Å². The minimum atomic E-state index is -0.991. The van der Waals surface area contributed by atoms with Gasteiger partial charge in [0.2, 0.25) is 5.91 Å². The summed E-state index contributed by atoms with van der Waals surface area (Å²) >= 11 is 0. The fourth-order valence-corrected chi connectivity index (χ4v) is 4.82. The molecule has 0 aromatic heterocycles. The Morgan fingerprint density at radius 1 is 0.917 bits per heavy atom. The van der Waals surface area contributed by atoms with E-state index in [2.05, 4.69) is 5.32 Å². The van der Waals surface area contributed by atoms with Crippen molar-refractivity contribution in [3.63, 3.8) is 0 Å². The van der Waals surface area contributed by atoms with Gasteiger partial charge in [-0.3, -0.25) is 14.5 Å². The van der Waals surface area contributed by atoms with Gasteiger partial charge < -0.3 is 14.8 Å². The van der Waals surface area contributed by atoms with Gasteiger partial charge in [-0.25, -0.2) is 4.39 Å². The molecule has 0 bridgehead atoms. The number of halogens is 1. The van der Waals surface area contributed by atoms with Crippen LogP contribution in [0.4, 0.5) is 10.1 Å². The summed E-state index contributed by atoms with van der Waals surface area (Å²) < 4.78 is 25.1. The highest BCUT2D eigenvalue weighted by molar-refractivity contribution is 6.10. The molecule has 2 amide bonds. The number of carbonyl (C=O) groups is 2. The number of carbonyl (C=O) groups excluding carboxylic acids is 2. The van der Waals surface area contributed by atoms with Gasteiger partial charge in [0, 0.05) is 17.3 Å². The molecule has 1 fully saturated rings. The second kappa shape index (κ2) is 10.4. The highest BCUT2D eigenvalue weighted by Crippen LogP contribution is 2.35. The van der Waals surface area contributed by atoms with Crippen LogP contribution in [0.2, 0.25) is 0 Å². The van der Waals surface area contributed by atoms with Crippen LogP contribution in [0.1, 0.15) is 53.2 Å². The summed E-state index contributed by atoms with van der Waals surface area (Å²) in [4.78, 5) is 29.4. The van der Waals surface area contributed by atoms with Gasteiger partial charge in [-0.2, -0.15) is 0 Å². The van der Waals surface area contributed by atoms with Crippen molar-refractivity contribution in [1.82, 2.24) is 5.32 Å². The van der Waals surface area contributed by atoms with E-state index in [0.29, 0.717) is 41.5 Å². The summed E-state index contributed by atoms with van der Waals surface area (Å²) in [6, 6.07) is 17.3. The van der Waals surface area contributed by atoms with Crippen LogP contribution in [-0.4, -0.2) is 31.1 Å². The number of nitrogens with zero attached hydrogens (tertiary/aromatic N) is 1. The molecule has 0 radical (unpaired) electrons. The minimum Gasteiger partial charge on any atom is -0.486 e. The molecule has 7 heteroatoms. The Kier molecular flexibility index (Phi) is 6.89. The Morgan fingerprint density at radius 3 is 2.28 bits per heavy atom. The van der Waals surface area contributed by atoms with Crippen LogP contribution in [-0.2, 0) is 4.79 Å². The highest BCUT2D eigenvalue weighted by Gasteiger charge is 2.35. The molecule has 186 valence electrons. The number of nitrogens with one attached hydrogen (secondary N) is 1. The van der Waals surface area contributed by atoms with Gasteiger partial charge in [0.05, 0.1) is 0 Å². The molecular formula is C29H29FN2O4. The molecule has 1 aliphatic heterocycles. The lowest BCUT2D eigenvalue weighted by atomic mass is 10.0. The largest absolute Gasteiger partial charge is 0.486 e. The maximum atomic E-state index is 14.1. The fraction of sp³-hybridized carbons (Fsp3) is 0.310. The van der Waals surface area contributed by atoms with Crippen molar-refractivity contribution < 1.29 is 23.5 Å². The molecule has 2 aliphatic rings. The fourth-order valence-electron chi connectivity index (χ4n) is 4.82. The first-order valence-corrected chi connectivity index (χ1v) is 12.4. The standard InChI is InChI=1S/C29H29FN2O4/c1-19-6-13-24(14-7-19)32(29(34)21-10-15-25-26(18-21)36-17-16-35-25)27(20-8-11-22(30)12-9-20)28(33)31-23-4-2-3-5-23/h6-15,18,23,27H,2-5,16-17H2,1H3,(H,31,33)/t27-/m0/s1. The number of amides is 2. The third-order valence-electron chi connectivity index (χ3n) is 6.71. The average molecular weight is 489 g/mol. The molecule has 6 nitrogen and oxygen atoms in total. The summed E-state index contributed by atoms with van der Waals surface area (Å²) in [5.41, 5.74) is 2.48. The number of benzene rings is 3. The molecule has 1 atom stereocenters. The molecule has 0 saturated heterocycles. The molecular weight excluding hydrogens is 459 g/mol. The molecule has 3 aromatic rings. The summed E-state index contributed by atoms with van der Waals surface area (Å²) in [6.45, 7) is 2.80. The molecule has 1 N–H and O–H groups in total. The topological polar surface area (TPSA) is 67.9 Å². The highest BCUT2D eigenvalue weighted by atomic mass is 19.1. The minimum absolute atomic E-state index is 0.0599. The van der Waals surface area contributed by atoms with E-state index in [-0.39, 0.29) is 17.9 Å². The predicted octanol–water partition coefficient (Wildman–Crippen LogP) is 5.35. The van der Waals surface area contributed by atoms with Crippen molar-refractivity contribution in [3.8, 4) is 11.5 Å². The smallest absolute Gasteiger partial charge is 0.259 e. The first-order chi connectivity index (χ1) is 17.5. The van der Waals surface area contributed by atoms with E-state index in [1.54, 1.807) is 30.3 Å². The van der Waals surface area contributed by atoms with Crippen LogP contribution in [0.25, 0.3) is 0 Å². The van der Waals surface area contributed by atoms with Gasteiger partial charge in [0.25, 0.3) is 5.91 Å². The molecule has 1 saturated carbocycles. The quantitative estimate of drug-likeness (QED) is 0.508. The number of rotatable bonds is 6. The maximum absolute atomic E-state index is 14.1. The third kappa shape index (κ3) is 5.05. The molecule has 0 unspecified atom stereocenters. The summed E-state index contributed by atoms with van der Waals surface area (Å²) in [5.74, 6) is -0.00103. The molecule has 1 aliphatic carbocycles. The van der Waals surface area contributed by atoms with E-state index in [9.17, 15) is 14.0 Å². The Morgan fingerprint density at radius 2 is 1.58 bits per heavy atom. The predicted molar refractivity (Wildman–Crippen MR) is 135 cm³/mol. The van der Waals surface area contributed by atoms with Crippen molar-refractivity contribution in [2.75, 3.05) is 18.1 Å². The van der Waals surface area contributed by atoms with Crippen molar-refractivity contribution in [2.24, 2.45) is 0 Å². The molecule has 1 heterocycles. The van der Waals surface area contributed by atoms with Crippen molar-refractivity contribution in [2.45, 2.75) is 44.7 Å². The van der Waals surface area contributed by atoms with E-state index in [0.717, 1.165) is 31.2 Å². The van der Waals surface area contributed by atoms with Gasteiger partial charge in [-0.15, -0.1) is 0 Å². The number of ether oxygens (including phenoxy) is 2. The third-order valence-corrected chi connectivity index (χ3v) is 6.71. The lowest BCUT2D eigenvalue weighted by molar-refractivity contribution is -0.123. The van der Waals surface area contributed by atoms with Crippen LogP contribution in [0.3, 0.4) is 0 Å². The van der Waals surface area contributed by atoms with Gasteiger partial charge in [-0.05, 0) is 67.8 Å². The average Bonchev–Trinajstić information content (AvgIpc) is 3.41. The van der Waals surface area contributed by atoms with Crippen molar-refractivity contribution in [3.05, 3.63) is 89.2 Å². The lowest BCUT2D eigenvalue weighted by Gasteiger charge is -2.33. The van der Waals surface area contributed by atoms with Crippen LogP contribution in [0.15, 0.2) is 66.7 Å². The van der Waals surface area contributed by atoms with Crippen molar-refractivity contribution >= 4 is 17.5 Å². The Bertz CT molecular complexity index is 1240. The summed E-state index contributed by atoms with van der Waals surface area (Å²) in [5, 5.41) is 3.14. The zero-order valence-corrected chi connectivity index (χ0v) is 20.2. The van der Waals surface area contributed by atoms with Gasteiger partial charge in [-0.1, -0.05) is 42.7 Å². The molecule has 0 spiro atoms. The maximum Gasteiger partial charge on any atom is 0.259 e. The van der Waals surface area contributed by atoms with Gasteiger partial charge in [0.15, 0.2) is 11.5 Å². The number of aryl methyl sites for hydroxylation is 1. The Labute approximate surface area is 210 Å². The van der Waals surface area contributed by atoms with Crippen LogP contribution < -0.4 is 19.7 Å². The number of anilines is 1. The van der Waals surface area contributed by atoms with Crippen LogP contribution >= 0.6 is 0 Å².